The largest absolute Gasteiger partial charge is 0.493 e. The van der Waals surface area contributed by atoms with Crippen LogP contribution < -0.4 is 14.8 Å². The standard InChI is InChI=1S/C15H20BrNO5/c1-5-21-14-11(16)6-10(7-12(14)20-4)15(19)22-8-13(18)17-9(2)3/h6-7,9H,5,8H2,1-4H3,(H,17,18). The molecule has 0 heterocycles. The number of amides is 1. The van der Waals surface area contributed by atoms with E-state index in [1.165, 1.54) is 13.2 Å². The van der Waals surface area contributed by atoms with Crippen molar-refractivity contribution >= 4 is 27.8 Å². The zero-order valence-electron chi connectivity index (χ0n) is 13.1. The predicted octanol–water partition coefficient (Wildman–Crippen LogP) is 2.54. The van der Waals surface area contributed by atoms with Crippen molar-refractivity contribution in [3.05, 3.63) is 22.2 Å². The van der Waals surface area contributed by atoms with E-state index in [1.807, 2.05) is 20.8 Å². The Labute approximate surface area is 138 Å². The summed E-state index contributed by atoms with van der Waals surface area (Å²) in [5, 5.41) is 2.64. The van der Waals surface area contributed by atoms with Crippen molar-refractivity contribution < 1.29 is 23.8 Å². The van der Waals surface area contributed by atoms with Gasteiger partial charge < -0.3 is 19.5 Å². The highest BCUT2D eigenvalue weighted by Gasteiger charge is 2.17. The maximum atomic E-state index is 12.0. The summed E-state index contributed by atoms with van der Waals surface area (Å²) < 4.78 is 16.2. The minimum absolute atomic E-state index is 0.00841. The number of carbonyl (C=O) groups is 2. The van der Waals surface area contributed by atoms with Gasteiger partial charge in [0.2, 0.25) is 0 Å². The number of methoxy groups -OCH3 is 1. The maximum absolute atomic E-state index is 12.0. The molecule has 122 valence electrons. The second-order valence-electron chi connectivity index (χ2n) is 4.72. The van der Waals surface area contributed by atoms with Gasteiger partial charge in [0.15, 0.2) is 18.1 Å². The third-order valence-electron chi connectivity index (χ3n) is 2.54. The summed E-state index contributed by atoms with van der Waals surface area (Å²) in [6, 6.07) is 3.07. The third kappa shape index (κ3) is 5.22. The van der Waals surface area contributed by atoms with Crippen LogP contribution in [0.4, 0.5) is 0 Å². The molecule has 1 aromatic carbocycles. The molecule has 22 heavy (non-hydrogen) atoms. The second kappa shape index (κ2) is 8.63. The van der Waals surface area contributed by atoms with Crippen LogP contribution in [0.25, 0.3) is 0 Å². The molecule has 0 unspecified atom stereocenters. The van der Waals surface area contributed by atoms with Crippen molar-refractivity contribution in [1.29, 1.82) is 0 Å². The average Bonchev–Trinajstić information content (AvgIpc) is 2.46. The number of benzene rings is 1. The molecule has 0 aliphatic heterocycles. The Morgan fingerprint density at radius 2 is 2.00 bits per heavy atom. The van der Waals surface area contributed by atoms with Gasteiger partial charge in [0, 0.05) is 6.04 Å². The zero-order chi connectivity index (χ0) is 16.7. The van der Waals surface area contributed by atoms with E-state index >= 15 is 0 Å². The molecule has 0 aliphatic rings. The number of hydrogen-bond donors (Lipinski definition) is 1. The van der Waals surface area contributed by atoms with Crippen LogP contribution in [0.2, 0.25) is 0 Å². The van der Waals surface area contributed by atoms with Gasteiger partial charge in [-0.2, -0.15) is 0 Å². The lowest BCUT2D eigenvalue weighted by atomic mass is 10.2. The van der Waals surface area contributed by atoms with Gasteiger partial charge in [-0.1, -0.05) is 0 Å². The first-order chi connectivity index (χ1) is 10.4. The molecular formula is C15H20BrNO5. The number of hydrogen-bond acceptors (Lipinski definition) is 5. The van der Waals surface area contributed by atoms with Crippen molar-refractivity contribution in [1.82, 2.24) is 5.32 Å². The Hall–Kier alpha value is -1.76. The number of rotatable bonds is 7. The first-order valence-electron chi connectivity index (χ1n) is 6.85. The van der Waals surface area contributed by atoms with Crippen LogP contribution in [-0.4, -0.2) is 38.2 Å². The number of ether oxygens (including phenoxy) is 3. The molecule has 0 fully saturated rings. The van der Waals surface area contributed by atoms with Crippen molar-refractivity contribution in [3.8, 4) is 11.5 Å². The SMILES string of the molecule is CCOc1c(Br)cc(C(=O)OCC(=O)NC(C)C)cc1OC. The van der Waals surface area contributed by atoms with E-state index in [-0.39, 0.29) is 24.1 Å². The molecule has 1 N–H and O–H groups in total. The average molecular weight is 374 g/mol. The van der Waals surface area contributed by atoms with E-state index in [9.17, 15) is 9.59 Å². The maximum Gasteiger partial charge on any atom is 0.338 e. The smallest absolute Gasteiger partial charge is 0.338 e. The van der Waals surface area contributed by atoms with Crippen LogP contribution in [0.1, 0.15) is 31.1 Å². The van der Waals surface area contributed by atoms with E-state index < -0.39 is 5.97 Å². The fourth-order valence-corrected chi connectivity index (χ4v) is 2.26. The lowest BCUT2D eigenvalue weighted by Gasteiger charge is -2.13. The number of esters is 1. The summed E-state index contributed by atoms with van der Waals surface area (Å²) in [7, 11) is 1.48. The summed E-state index contributed by atoms with van der Waals surface area (Å²) in [4.78, 5) is 23.5. The fraction of sp³-hybridized carbons (Fsp3) is 0.467. The number of halogens is 1. The number of carbonyl (C=O) groups excluding carboxylic acids is 2. The quantitative estimate of drug-likeness (QED) is 0.743. The van der Waals surface area contributed by atoms with Gasteiger partial charge in [-0.3, -0.25) is 4.79 Å². The molecule has 0 aromatic heterocycles. The minimum Gasteiger partial charge on any atom is -0.493 e. The van der Waals surface area contributed by atoms with Crippen molar-refractivity contribution in [3.63, 3.8) is 0 Å². The lowest BCUT2D eigenvalue weighted by Crippen LogP contribution is -2.33. The van der Waals surface area contributed by atoms with Gasteiger partial charge in [-0.05, 0) is 48.8 Å². The Balaban J connectivity index is 2.81. The summed E-state index contributed by atoms with van der Waals surface area (Å²) in [6.45, 7) is 5.64. The van der Waals surface area contributed by atoms with Gasteiger partial charge in [0.05, 0.1) is 23.8 Å². The Kier molecular flexibility index (Phi) is 7.17. The molecule has 1 aromatic rings. The van der Waals surface area contributed by atoms with E-state index in [0.717, 1.165) is 0 Å². The Morgan fingerprint density at radius 3 is 2.55 bits per heavy atom. The van der Waals surface area contributed by atoms with E-state index in [1.54, 1.807) is 6.07 Å². The van der Waals surface area contributed by atoms with Crippen LogP contribution in [0.3, 0.4) is 0 Å². The minimum atomic E-state index is -0.610. The van der Waals surface area contributed by atoms with Crippen molar-refractivity contribution in [2.45, 2.75) is 26.8 Å². The molecule has 0 aliphatic carbocycles. The topological polar surface area (TPSA) is 73.9 Å². The van der Waals surface area contributed by atoms with Crippen LogP contribution in [0.5, 0.6) is 11.5 Å². The summed E-state index contributed by atoms with van der Waals surface area (Å²) in [6.07, 6.45) is 0. The lowest BCUT2D eigenvalue weighted by molar-refractivity contribution is -0.124. The fourth-order valence-electron chi connectivity index (χ4n) is 1.70. The highest BCUT2D eigenvalue weighted by Crippen LogP contribution is 2.36. The van der Waals surface area contributed by atoms with E-state index in [4.69, 9.17) is 14.2 Å². The monoisotopic (exact) mass is 373 g/mol. The van der Waals surface area contributed by atoms with Gasteiger partial charge in [0.25, 0.3) is 5.91 Å². The van der Waals surface area contributed by atoms with Gasteiger partial charge in [-0.25, -0.2) is 4.79 Å². The molecule has 0 spiro atoms. The third-order valence-corrected chi connectivity index (χ3v) is 3.13. The first-order valence-corrected chi connectivity index (χ1v) is 7.65. The molecule has 0 atom stereocenters. The Bertz CT molecular complexity index is 545. The molecule has 0 saturated heterocycles. The summed E-state index contributed by atoms with van der Waals surface area (Å²) >= 11 is 3.33. The van der Waals surface area contributed by atoms with Gasteiger partial charge in [0.1, 0.15) is 0 Å². The summed E-state index contributed by atoms with van der Waals surface area (Å²) in [5.41, 5.74) is 0.268. The van der Waals surface area contributed by atoms with Crippen molar-refractivity contribution in [2.24, 2.45) is 0 Å². The van der Waals surface area contributed by atoms with Crippen LogP contribution >= 0.6 is 15.9 Å². The molecule has 0 radical (unpaired) electrons. The van der Waals surface area contributed by atoms with Crippen molar-refractivity contribution in [2.75, 3.05) is 20.3 Å². The van der Waals surface area contributed by atoms with Gasteiger partial charge >= 0.3 is 5.97 Å². The molecule has 1 rings (SSSR count). The highest BCUT2D eigenvalue weighted by molar-refractivity contribution is 9.10. The molecular weight excluding hydrogens is 354 g/mol. The molecule has 6 nitrogen and oxygen atoms in total. The predicted molar refractivity (Wildman–Crippen MR) is 85.4 cm³/mol. The summed E-state index contributed by atoms with van der Waals surface area (Å²) in [5.74, 6) is -0.0322. The normalized spacial score (nSPS) is 10.3. The van der Waals surface area contributed by atoms with Crippen LogP contribution in [-0.2, 0) is 9.53 Å². The number of nitrogens with one attached hydrogen (secondary N) is 1. The second-order valence-corrected chi connectivity index (χ2v) is 5.58. The van der Waals surface area contributed by atoms with E-state index in [2.05, 4.69) is 21.2 Å². The zero-order valence-corrected chi connectivity index (χ0v) is 14.7. The molecule has 0 bridgehead atoms. The highest BCUT2D eigenvalue weighted by atomic mass is 79.9. The van der Waals surface area contributed by atoms with E-state index in [0.29, 0.717) is 22.6 Å². The molecule has 1 amide bonds. The molecule has 7 heteroatoms. The van der Waals surface area contributed by atoms with Crippen LogP contribution in [0.15, 0.2) is 16.6 Å². The molecule has 0 saturated carbocycles. The Morgan fingerprint density at radius 1 is 1.32 bits per heavy atom. The van der Waals surface area contributed by atoms with Gasteiger partial charge in [-0.15, -0.1) is 0 Å². The van der Waals surface area contributed by atoms with Crippen LogP contribution in [0, 0.1) is 0 Å². The first kappa shape index (κ1) is 18.3.